The molecule has 2 nitrogen and oxygen atoms in total. The van der Waals surface area contributed by atoms with Crippen molar-refractivity contribution < 1.29 is 22.4 Å². The Balaban J connectivity index is 2.36. The molecule has 1 saturated carbocycles. The Morgan fingerprint density at radius 2 is 1.94 bits per heavy atom. The zero-order chi connectivity index (χ0) is 13.5. The van der Waals surface area contributed by atoms with Crippen molar-refractivity contribution in [3.63, 3.8) is 0 Å². The molecule has 1 aliphatic rings. The summed E-state index contributed by atoms with van der Waals surface area (Å²) in [5.74, 6) is -2.20. The van der Waals surface area contributed by atoms with Crippen molar-refractivity contribution in [2.45, 2.75) is 25.1 Å². The minimum Gasteiger partial charge on any atom is -0.339 e. The Kier molecular flexibility index (Phi) is 3.04. The van der Waals surface area contributed by atoms with Crippen LogP contribution in [0.1, 0.15) is 28.8 Å². The fraction of sp³-hybridized carbons (Fsp3) is 0.417. The minimum absolute atomic E-state index is 0.0199. The second-order valence-electron chi connectivity index (χ2n) is 4.31. The molecule has 0 bridgehead atoms. The molecule has 0 atom stereocenters. The van der Waals surface area contributed by atoms with Crippen LogP contribution < -0.4 is 0 Å². The van der Waals surface area contributed by atoms with Gasteiger partial charge in [-0.15, -0.1) is 0 Å². The lowest BCUT2D eigenvalue weighted by atomic mass is 10.1. The van der Waals surface area contributed by atoms with Crippen LogP contribution in [0.25, 0.3) is 0 Å². The molecule has 0 aliphatic heterocycles. The second kappa shape index (κ2) is 4.26. The molecule has 0 heterocycles. The van der Waals surface area contributed by atoms with Crippen LogP contribution in [-0.4, -0.2) is 23.9 Å². The standard InChI is InChI=1S/C12H11F4NO/c1-17(7-5-6-7)11(18)8-3-2-4-9(10(8)13)12(14,15)16/h2-4,7H,5-6H2,1H3. The van der Waals surface area contributed by atoms with Gasteiger partial charge in [0.1, 0.15) is 5.82 Å². The van der Waals surface area contributed by atoms with Crippen LogP contribution in [0, 0.1) is 5.82 Å². The summed E-state index contributed by atoms with van der Waals surface area (Å²) in [4.78, 5) is 13.1. The fourth-order valence-corrected chi connectivity index (χ4v) is 1.73. The van der Waals surface area contributed by atoms with E-state index in [9.17, 15) is 22.4 Å². The molecule has 1 aromatic rings. The van der Waals surface area contributed by atoms with Crippen molar-refractivity contribution in [2.75, 3.05) is 7.05 Å². The van der Waals surface area contributed by atoms with Crippen LogP contribution in [0.4, 0.5) is 17.6 Å². The Morgan fingerprint density at radius 3 is 2.44 bits per heavy atom. The molecular formula is C12H11F4NO. The predicted octanol–water partition coefficient (Wildman–Crippen LogP) is 3.08. The van der Waals surface area contributed by atoms with E-state index in [-0.39, 0.29) is 6.04 Å². The van der Waals surface area contributed by atoms with Gasteiger partial charge in [-0.2, -0.15) is 13.2 Å². The third-order valence-corrected chi connectivity index (χ3v) is 2.95. The molecule has 18 heavy (non-hydrogen) atoms. The maximum atomic E-state index is 13.7. The molecule has 1 aliphatic carbocycles. The molecule has 0 radical (unpaired) electrons. The van der Waals surface area contributed by atoms with Crippen LogP contribution in [0.5, 0.6) is 0 Å². The number of nitrogens with zero attached hydrogens (tertiary/aromatic N) is 1. The van der Waals surface area contributed by atoms with E-state index in [1.165, 1.54) is 11.9 Å². The third kappa shape index (κ3) is 2.32. The van der Waals surface area contributed by atoms with Gasteiger partial charge in [-0.1, -0.05) is 6.07 Å². The van der Waals surface area contributed by atoms with Gasteiger partial charge in [0.15, 0.2) is 0 Å². The first-order chi connectivity index (χ1) is 8.32. The topological polar surface area (TPSA) is 20.3 Å². The van der Waals surface area contributed by atoms with Crippen molar-refractivity contribution in [1.82, 2.24) is 4.90 Å². The lowest BCUT2D eigenvalue weighted by molar-refractivity contribution is -0.140. The number of amides is 1. The molecule has 1 aromatic carbocycles. The number of carbonyl (C=O) groups is 1. The molecule has 6 heteroatoms. The van der Waals surface area contributed by atoms with Crippen LogP contribution in [0.3, 0.4) is 0 Å². The number of hydrogen-bond donors (Lipinski definition) is 0. The van der Waals surface area contributed by atoms with Crippen LogP contribution in [0.2, 0.25) is 0 Å². The van der Waals surface area contributed by atoms with Crippen molar-refractivity contribution in [2.24, 2.45) is 0 Å². The predicted molar refractivity (Wildman–Crippen MR) is 56.5 cm³/mol. The van der Waals surface area contributed by atoms with E-state index in [1.54, 1.807) is 0 Å². The normalized spacial score (nSPS) is 15.6. The zero-order valence-electron chi connectivity index (χ0n) is 9.59. The summed E-state index contributed by atoms with van der Waals surface area (Å²) in [5.41, 5.74) is -1.93. The van der Waals surface area contributed by atoms with Gasteiger partial charge in [-0.05, 0) is 25.0 Å². The Labute approximate surface area is 101 Å². The van der Waals surface area contributed by atoms with Crippen LogP contribution >= 0.6 is 0 Å². The van der Waals surface area contributed by atoms with Gasteiger partial charge in [0.2, 0.25) is 0 Å². The molecule has 0 saturated heterocycles. The van der Waals surface area contributed by atoms with Gasteiger partial charge in [0, 0.05) is 13.1 Å². The first-order valence-electron chi connectivity index (χ1n) is 5.45. The minimum atomic E-state index is -4.79. The molecule has 1 fully saturated rings. The third-order valence-electron chi connectivity index (χ3n) is 2.95. The van der Waals surface area contributed by atoms with Gasteiger partial charge < -0.3 is 4.90 Å². The summed E-state index contributed by atoms with van der Waals surface area (Å²) in [7, 11) is 1.47. The number of carbonyl (C=O) groups excluding carboxylic acids is 1. The quantitative estimate of drug-likeness (QED) is 0.749. The summed E-state index contributed by atoms with van der Waals surface area (Å²) in [6.07, 6.45) is -3.18. The van der Waals surface area contributed by atoms with E-state index >= 15 is 0 Å². The maximum Gasteiger partial charge on any atom is 0.419 e. The Morgan fingerprint density at radius 1 is 1.33 bits per heavy atom. The number of halogens is 4. The number of benzene rings is 1. The summed E-state index contributed by atoms with van der Waals surface area (Å²) >= 11 is 0. The molecule has 0 aromatic heterocycles. The smallest absolute Gasteiger partial charge is 0.339 e. The summed E-state index contributed by atoms with van der Waals surface area (Å²) in [6, 6.07) is 2.76. The lowest BCUT2D eigenvalue weighted by Gasteiger charge is -2.18. The van der Waals surface area contributed by atoms with Gasteiger partial charge in [-0.25, -0.2) is 4.39 Å². The average molecular weight is 261 g/mol. The van der Waals surface area contributed by atoms with Crippen molar-refractivity contribution >= 4 is 5.91 Å². The second-order valence-corrected chi connectivity index (χ2v) is 4.31. The molecular weight excluding hydrogens is 250 g/mol. The first-order valence-corrected chi connectivity index (χ1v) is 5.45. The van der Waals surface area contributed by atoms with E-state index < -0.39 is 29.0 Å². The SMILES string of the molecule is CN(C(=O)c1cccc(C(F)(F)F)c1F)C1CC1. The molecule has 0 spiro atoms. The lowest BCUT2D eigenvalue weighted by Crippen LogP contribution is -2.30. The van der Waals surface area contributed by atoms with E-state index in [4.69, 9.17) is 0 Å². The van der Waals surface area contributed by atoms with E-state index in [0.29, 0.717) is 6.07 Å². The van der Waals surface area contributed by atoms with E-state index in [1.807, 2.05) is 0 Å². The largest absolute Gasteiger partial charge is 0.419 e. The van der Waals surface area contributed by atoms with Gasteiger partial charge in [0.05, 0.1) is 11.1 Å². The maximum absolute atomic E-state index is 13.7. The highest BCUT2D eigenvalue weighted by molar-refractivity contribution is 5.95. The van der Waals surface area contributed by atoms with Crippen molar-refractivity contribution in [1.29, 1.82) is 0 Å². The highest BCUT2D eigenvalue weighted by atomic mass is 19.4. The summed E-state index contributed by atoms with van der Waals surface area (Å²) < 4.78 is 51.2. The highest BCUT2D eigenvalue weighted by Crippen LogP contribution is 2.33. The average Bonchev–Trinajstić information content (AvgIpc) is 3.09. The fourth-order valence-electron chi connectivity index (χ4n) is 1.73. The van der Waals surface area contributed by atoms with E-state index in [2.05, 4.69) is 0 Å². The summed E-state index contributed by atoms with van der Waals surface area (Å²) in [5, 5.41) is 0. The molecule has 0 unspecified atom stereocenters. The van der Waals surface area contributed by atoms with Crippen molar-refractivity contribution in [3.05, 3.63) is 35.1 Å². The molecule has 1 amide bonds. The van der Waals surface area contributed by atoms with Crippen molar-refractivity contribution in [3.8, 4) is 0 Å². The first kappa shape index (κ1) is 12.9. The monoisotopic (exact) mass is 261 g/mol. The molecule has 98 valence electrons. The summed E-state index contributed by atoms with van der Waals surface area (Å²) in [6.45, 7) is 0. The Bertz CT molecular complexity index is 479. The Hall–Kier alpha value is -1.59. The number of rotatable bonds is 2. The van der Waals surface area contributed by atoms with Crippen LogP contribution in [-0.2, 0) is 6.18 Å². The number of alkyl halides is 3. The molecule has 2 rings (SSSR count). The van der Waals surface area contributed by atoms with Crippen LogP contribution in [0.15, 0.2) is 18.2 Å². The van der Waals surface area contributed by atoms with Gasteiger partial charge in [0.25, 0.3) is 5.91 Å². The zero-order valence-corrected chi connectivity index (χ0v) is 9.59. The van der Waals surface area contributed by atoms with Gasteiger partial charge >= 0.3 is 6.18 Å². The van der Waals surface area contributed by atoms with Gasteiger partial charge in [-0.3, -0.25) is 4.79 Å². The highest BCUT2D eigenvalue weighted by Gasteiger charge is 2.37. The van der Waals surface area contributed by atoms with E-state index in [0.717, 1.165) is 25.0 Å². The molecule has 0 N–H and O–H groups in total. The number of hydrogen-bond acceptors (Lipinski definition) is 1.